The van der Waals surface area contributed by atoms with E-state index in [1.54, 1.807) is 0 Å². The van der Waals surface area contributed by atoms with Gasteiger partial charge >= 0.3 is 0 Å². The minimum absolute atomic E-state index is 0. The van der Waals surface area contributed by atoms with Crippen LogP contribution < -0.4 is 24.0 Å². The zero-order valence-electron chi connectivity index (χ0n) is 18.2. The van der Waals surface area contributed by atoms with Crippen molar-refractivity contribution in [2.24, 2.45) is 35.5 Å². The molecule has 0 N–H and O–H groups in total. The Morgan fingerprint density at radius 1 is 0.867 bits per heavy atom. The number of alkyl halides is 1. The lowest BCUT2D eigenvalue weighted by Gasteiger charge is -2.25. The zero-order chi connectivity index (χ0) is 20.2. The Balaban J connectivity index is 0.000000153. The van der Waals surface area contributed by atoms with Crippen LogP contribution >= 0.6 is 22.6 Å². The molecule has 6 atom stereocenters. The van der Waals surface area contributed by atoms with Gasteiger partial charge < -0.3 is 38.3 Å². The fraction of sp³-hybridized carbons (Fsp3) is 0.625. The summed E-state index contributed by atoms with van der Waals surface area (Å²) in [5.74, 6) is 5.32. The van der Waals surface area contributed by atoms with Gasteiger partial charge in [-0.2, -0.15) is 0 Å². The van der Waals surface area contributed by atoms with E-state index in [0.717, 1.165) is 48.7 Å². The summed E-state index contributed by atoms with van der Waals surface area (Å²) in [7, 11) is 2.14. The molecule has 2 heterocycles. The molecule has 4 nitrogen and oxygen atoms in total. The smallest absolute Gasteiger partial charge is 0.0946 e. The highest BCUT2D eigenvalue weighted by Crippen LogP contribution is 2.44. The summed E-state index contributed by atoms with van der Waals surface area (Å²) in [4.78, 5) is 10.7. The molecule has 1 aromatic rings. The van der Waals surface area contributed by atoms with Crippen molar-refractivity contribution in [3.8, 4) is 0 Å². The van der Waals surface area contributed by atoms with Crippen LogP contribution in [0.5, 0.6) is 0 Å². The number of allylic oxidation sites excluding steroid dienone is 4. The summed E-state index contributed by atoms with van der Waals surface area (Å²) in [6.45, 7) is 3.50. The summed E-state index contributed by atoms with van der Waals surface area (Å²) in [5.41, 5.74) is 0. The van der Waals surface area contributed by atoms with Crippen LogP contribution in [0, 0.1) is 35.5 Å². The number of fused-ring (bicyclic) bond motifs is 4. The molecule has 0 saturated heterocycles. The van der Waals surface area contributed by atoms with E-state index in [9.17, 15) is 0 Å². The third kappa shape index (κ3) is 5.84. The standard InChI is InChI=1S/C12H18N2.C11H14N2.CH3I.HI/c1-13-4-5-14(9-13)8-12-7-10-2-3-11(12)6-10;1-2-10-5-9(1)6-11(10)7-13-4-3-12-8-13;1-2;/h2-5,10-12H,6-9H2,1H3;1-4,8-11H,5-7H2;1H3;1H/p-1. The fourth-order valence-electron chi connectivity index (χ4n) is 5.88. The van der Waals surface area contributed by atoms with Crippen LogP contribution in [0.4, 0.5) is 0 Å². The van der Waals surface area contributed by atoms with Gasteiger partial charge in [0.2, 0.25) is 0 Å². The molecule has 4 bridgehead atoms. The van der Waals surface area contributed by atoms with Crippen LogP contribution in [0.3, 0.4) is 0 Å². The topological polar surface area (TPSA) is 24.3 Å². The zero-order valence-corrected chi connectivity index (χ0v) is 22.5. The van der Waals surface area contributed by atoms with Gasteiger partial charge in [0.05, 0.1) is 13.0 Å². The van der Waals surface area contributed by atoms with Crippen molar-refractivity contribution in [3.05, 3.63) is 55.4 Å². The van der Waals surface area contributed by atoms with E-state index in [0.29, 0.717) is 0 Å². The van der Waals surface area contributed by atoms with Gasteiger partial charge in [-0.3, -0.25) is 0 Å². The molecular weight excluding hydrogens is 598 g/mol. The molecule has 1 aromatic heterocycles. The van der Waals surface area contributed by atoms with Gasteiger partial charge in [-0.05, 0) is 66.1 Å². The van der Waals surface area contributed by atoms with Gasteiger partial charge in [0.15, 0.2) is 0 Å². The first kappa shape index (κ1) is 24.1. The van der Waals surface area contributed by atoms with Crippen molar-refractivity contribution in [1.82, 2.24) is 19.4 Å². The Labute approximate surface area is 213 Å². The Bertz CT molecular complexity index is 730. The third-order valence-electron chi connectivity index (χ3n) is 7.24. The van der Waals surface area contributed by atoms with E-state index in [4.69, 9.17) is 0 Å². The first-order chi connectivity index (χ1) is 14.2. The molecule has 0 spiro atoms. The van der Waals surface area contributed by atoms with Gasteiger partial charge in [-0.1, -0.05) is 46.9 Å². The molecular formula is C24H35I2N4-. The van der Waals surface area contributed by atoms with E-state index < -0.39 is 0 Å². The summed E-state index contributed by atoms with van der Waals surface area (Å²) in [6, 6.07) is 0. The molecule has 30 heavy (non-hydrogen) atoms. The Morgan fingerprint density at radius 2 is 1.50 bits per heavy atom. The monoisotopic (exact) mass is 633 g/mol. The SMILES string of the molecule is C1=CC2CC1CC2Cn1ccnc1.CI.CN1C=CN(CC2CC3C=CC2C3)C1.[I-]. The second kappa shape index (κ2) is 11.4. The molecule has 5 aliphatic rings. The molecule has 6 heteroatoms. The predicted octanol–water partition coefficient (Wildman–Crippen LogP) is 2.03. The average Bonchev–Trinajstić information content (AvgIpc) is 3.55. The number of aromatic nitrogens is 2. The first-order valence-electron chi connectivity index (χ1n) is 11.1. The van der Waals surface area contributed by atoms with Gasteiger partial charge in [0.1, 0.15) is 0 Å². The van der Waals surface area contributed by atoms with Crippen molar-refractivity contribution >= 4 is 22.6 Å². The van der Waals surface area contributed by atoms with E-state index in [1.165, 1.54) is 32.2 Å². The number of rotatable bonds is 4. The van der Waals surface area contributed by atoms with Crippen LogP contribution in [0.25, 0.3) is 0 Å². The van der Waals surface area contributed by atoms with Crippen LogP contribution in [-0.4, -0.2) is 44.5 Å². The quantitative estimate of drug-likeness (QED) is 0.289. The second-order valence-electron chi connectivity index (χ2n) is 9.31. The van der Waals surface area contributed by atoms with E-state index in [-0.39, 0.29) is 24.0 Å². The number of hydrogen-bond donors (Lipinski definition) is 0. The van der Waals surface area contributed by atoms with Crippen molar-refractivity contribution < 1.29 is 24.0 Å². The molecule has 6 unspecified atom stereocenters. The Hall–Kier alpha value is -0.510. The number of imidazole rings is 1. The molecule has 4 aliphatic carbocycles. The highest BCUT2D eigenvalue weighted by atomic mass is 127. The normalized spacial score (nSPS) is 34.0. The third-order valence-corrected chi connectivity index (χ3v) is 7.24. The van der Waals surface area contributed by atoms with Crippen molar-refractivity contribution in [2.75, 3.05) is 25.2 Å². The molecule has 2 saturated carbocycles. The largest absolute Gasteiger partial charge is 1.00 e. The van der Waals surface area contributed by atoms with E-state index in [2.05, 4.69) is 91.9 Å². The molecule has 0 radical (unpaired) electrons. The van der Waals surface area contributed by atoms with Crippen LogP contribution in [0.1, 0.15) is 25.7 Å². The minimum atomic E-state index is 0. The molecule has 1 aliphatic heterocycles. The summed E-state index contributed by atoms with van der Waals surface area (Å²) in [5, 5.41) is 0. The van der Waals surface area contributed by atoms with Crippen molar-refractivity contribution in [1.29, 1.82) is 0 Å². The molecule has 166 valence electrons. The average molecular weight is 633 g/mol. The highest BCUT2D eigenvalue weighted by Gasteiger charge is 2.36. The van der Waals surface area contributed by atoms with Crippen molar-refractivity contribution in [3.63, 3.8) is 0 Å². The van der Waals surface area contributed by atoms with Crippen LogP contribution in [0.2, 0.25) is 0 Å². The minimum Gasteiger partial charge on any atom is -1.00 e. The molecule has 0 aromatic carbocycles. The lowest BCUT2D eigenvalue weighted by Crippen LogP contribution is -3.00. The predicted molar refractivity (Wildman–Crippen MR) is 128 cm³/mol. The second-order valence-corrected chi connectivity index (χ2v) is 9.31. The van der Waals surface area contributed by atoms with E-state index in [1.807, 2.05) is 17.5 Å². The maximum Gasteiger partial charge on any atom is 0.0946 e. The van der Waals surface area contributed by atoms with Crippen LogP contribution in [0.15, 0.2) is 55.4 Å². The van der Waals surface area contributed by atoms with Crippen LogP contribution in [-0.2, 0) is 6.54 Å². The molecule has 2 fully saturated rings. The molecule has 0 amide bonds. The number of hydrogen-bond acceptors (Lipinski definition) is 3. The van der Waals surface area contributed by atoms with Gasteiger partial charge in [0, 0.05) is 44.9 Å². The Morgan fingerprint density at radius 3 is 1.93 bits per heavy atom. The first-order valence-corrected chi connectivity index (χ1v) is 13.2. The lowest BCUT2D eigenvalue weighted by atomic mass is 9.93. The van der Waals surface area contributed by atoms with Gasteiger partial charge in [-0.15, -0.1) is 0 Å². The lowest BCUT2D eigenvalue weighted by molar-refractivity contribution is -0.00000602. The molecule has 6 rings (SSSR count). The van der Waals surface area contributed by atoms with E-state index >= 15 is 0 Å². The number of nitrogens with zero attached hydrogens (tertiary/aromatic N) is 4. The van der Waals surface area contributed by atoms with Crippen molar-refractivity contribution in [2.45, 2.75) is 32.2 Å². The van der Waals surface area contributed by atoms with Gasteiger partial charge in [0.25, 0.3) is 0 Å². The highest BCUT2D eigenvalue weighted by molar-refractivity contribution is 14.1. The summed E-state index contributed by atoms with van der Waals surface area (Å²) in [6.07, 6.45) is 25.6. The summed E-state index contributed by atoms with van der Waals surface area (Å²) >= 11 is 2.15. The maximum atomic E-state index is 4.07. The number of halogens is 2. The Kier molecular flexibility index (Phi) is 9.16. The fourth-order valence-corrected chi connectivity index (χ4v) is 5.88. The summed E-state index contributed by atoms with van der Waals surface area (Å²) < 4.78 is 2.21. The van der Waals surface area contributed by atoms with Gasteiger partial charge in [-0.25, -0.2) is 4.98 Å². The maximum absolute atomic E-state index is 4.07.